The van der Waals surface area contributed by atoms with Crippen LogP contribution in [0.25, 0.3) is 11.1 Å². The normalized spacial score (nSPS) is 11.0. The molecule has 198 valence electrons. The predicted octanol–water partition coefficient (Wildman–Crippen LogP) is 8.72. The molecule has 6 rings (SSSR count). The van der Waals surface area contributed by atoms with Gasteiger partial charge in [-0.2, -0.15) is 0 Å². The van der Waals surface area contributed by atoms with E-state index in [0.29, 0.717) is 20.0 Å². The van der Waals surface area contributed by atoms with E-state index in [0.717, 1.165) is 40.0 Å². The van der Waals surface area contributed by atoms with Gasteiger partial charge >= 0.3 is 0 Å². The van der Waals surface area contributed by atoms with Crippen LogP contribution >= 0.6 is 0 Å². The Labute approximate surface area is 217 Å². The summed E-state index contributed by atoms with van der Waals surface area (Å²) >= 11 is 0. The summed E-state index contributed by atoms with van der Waals surface area (Å²) in [4.78, 5) is 4.15. The molecule has 3 heterocycles. The Morgan fingerprint density at radius 2 is 0.944 bits per heavy atom. The number of hydrogen-bond donors (Lipinski definition) is 0. The van der Waals surface area contributed by atoms with Crippen LogP contribution in [0.2, 0.25) is 0 Å². The van der Waals surface area contributed by atoms with Crippen LogP contribution in [0.5, 0.6) is 23.0 Å². The highest BCUT2D eigenvalue weighted by Gasteiger charge is 2.09. The van der Waals surface area contributed by atoms with Crippen LogP contribution in [-0.4, -0.2) is 25.0 Å². The summed E-state index contributed by atoms with van der Waals surface area (Å²) in [7, 11) is 0. The van der Waals surface area contributed by atoms with E-state index in [1.807, 2.05) is 121 Å². The minimum Gasteiger partial charge on any atom is -0.486 e. The van der Waals surface area contributed by atoms with Crippen molar-refractivity contribution in [2.45, 2.75) is 55.9 Å². The smallest absolute Gasteiger partial charge is 0.231 e. The molecule has 0 saturated carbocycles. The van der Waals surface area contributed by atoms with E-state index in [4.69, 9.17) is 23.4 Å². The lowest BCUT2D eigenvalue weighted by atomic mass is 10.3. The number of oxazole rings is 1. The third-order valence-corrected chi connectivity index (χ3v) is 4.13. The maximum Gasteiger partial charge on any atom is 0.231 e. The van der Waals surface area contributed by atoms with Gasteiger partial charge < -0.3 is 23.4 Å². The molecule has 2 aliphatic rings. The first-order chi connectivity index (χ1) is 17.3. The molecule has 0 amide bonds. The molecule has 6 heteroatoms. The molecular weight excluding hydrogens is 454 g/mol. The van der Waals surface area contributed by atoms with Crippen molar-refractivity contribution in [1.29, 1.82) is 0 Å². The minimum atomic E-state index is 0. The second-order valence-corrected chi connectivity index (χ2v) is 6.20. The van der Waals surface area contributed by atoms with Gasteiger partial charge in [0.15, 0.2) is 34.5 Å². The van der Waals surface area contributed by atoms with Crippen molar-refractivity contribution in [1.82, 2.24) is 4.98 Å². The highest BCUT2D eigenvalue weighted by molar-refractivity contribution is 5.71. The van der Waals surface area contributed by atoms with Crippen LogP contribution in [0.1, 0.15) is 54.9 Å². The van der Waals surface area contributed by atoms with Crippen molar-refractivity contribution < 1.29 is 23.4 Å². The number of fused-ring (bicyclic) bond motifs is 3. The Kier molecular flexibility index (Phi) is 17.6. The molecule has 0 unspecified atom stereocenters. The number of aromatic nitrogens is 1. The maximum atomic E-state index is 5.30. The molecule has 0 radical (unpaired) electrons. The predicted molar refractivity (Wildman–Crippen MR) is 150 cm³/mol. The van der Waals surface area contributed by atoms with Gasteiger partial charge in [0.2, 0.25) is 6.79 Å². The molecule has 0 aliphatic carbocycles. The fourth-order valence-corrected chi connectivity index (χ4v) is 2.82. The van der Waals surface area contributed by atoms with Crippen LogP contribution in [0.4, 0.5) is 0 Å². The van der Waals surface area contributed by atoms with E-state index in [1.165, 1.54) is 0 Å². The standard InChI is InChI=1S/C8H7NO.C8H8O2.C7H6O2.3C2H6.CH4/c1-6-9-7-4-2-3-5-8(7)10-6;1-2-4-8-7(3-1)9-5-6-10-8;1-2-4-7-6(3-1)8-5-9-7;3*1-2;/h2-5H,1H3;1-4H,5-6H2;1-4H,5H2;3*1-2H3;1H4. The lowest BCUT2D eigenvalue weighted by Gasteiger charge is -2.17. The van der Waals surface area contributed by atoms with E-state index in [2.05, 4.69) is 4.98 Å². The Hall–Kier alpha value is -3.67. The average molecular weight is 498 g/mol. The van der Waals surface area contributed by atoms with Gasteiger partial charge in [-0.1, -0.05) is 85.4 Å². The lowest BCUT2D eigenvalue weighted by Crippen LogP contribution is -2.14. The van der Waals surface area contributed by atoms with Crippen molar-refractivity contribution in [3.8, 4) is 23.0 Å². The molecular formula is C30H43NO5. The van der Waals surface area contributed by atoms with E-state index in [1.54, 1.807) is 0 Å². The number of ether oxygens (including phenoxy) is 4. The van der Waals surface area contributed by atoms with Gasteiger partial charge in [-0.25, -0.2) is 4.98 Å². The zero-order valence-electron chi connectivity index (χ0n) is 22.0. The van der Waals surface area contributed by atoms with Crippen LogP contribution in [0.3, 0.4) is 0 Å². The van der Waals surface area contributed by atoms with E-state index in [9.17, 15) is 0 Å². The zero-order chi connectivity index (χ0) is 25.9. The molecule has 0 saturated heterocycles. The molecule has 0 bridgehead atoms. The summed E-state index contributed by atoms with van der Waals surface area (Å²) in [5.74, 6) is 4.12. The van der Waals surface area contributed by atoms with Crippen LogP contribution < -0.4 is 18.9 Å². The Bertz CT molecular complexity index is 997. The van der Waals surface area contributed by atoms with Crippen LogP contribution in [-0.2, 0) is 0 Å². The number of benzene rings is 3. The fourth-order valence-electron chi connectivity index (χ4n) is 2.82. The summed E-state index contributed by atoms with van der Waals surface area (Å²) in [5, 5.41) is 0. The first-order valence-corrected chi connectivity index (χ1v) is 12.3. The van der Waals surface area contributed by atoms with Gasteiger partial charge in [0.25, 0.3) is 0 Å². The molecule has 1 aromatic heterocycles. The van der Waals surface area contributed by atoms with E-state index in [-0.39, 0.29) is 7.43 Å². The van der Waals surface area contributed by atoms with Crippen LogP contribution in [0.15, 0.2) is 77.2 Å². The molecule has 4 aromatic rings. The largest absolute Gasteiger partial charge is 0.486 e. The molecule has 2 aliphatic heterocycles. The van der Waals surface area contributed by atoms with Crippen molar-refractivity contribution in [3.63, 3.8) is 0 Å². The second-order valence-electron chi connectivity index (χ2n) is 6.20. The monoisotopic (exact) mass is 497 g/mol. The molecule has 0 fully saturated rings. The van der Waals surface area contributed by atoms with E-state index >= 15 is 0 Å². The zero-order valence-corrected chi connectivity index (χ0v) is 22.0. The summed E-state index contributed by atoms with van der Waals surface area (Å²) < 4.78 is 26.0. The molecule has 0 N–H and O–H groups in total. The molecule has 0 spiro atoms. The Balaban J connectivity index is 0.000000457. The van der Waals surface area contributed by atoms with Gasteiger partial charge in [0, 0.05) is 6.92 Å². The van der Waals surface area contributed by atoms with Gasteiger partial charge in [-0.05, 0) is 36.4 Å². The second kappa shape index (κ2) is 19.6. The first kappa shape index (κ1) is 32.3. The van der Waals surface area contributed by atoms with Gasteiger partial charge in [-0.15, -0.1) is 0 Å². The number of hydrogen-bond acceptors (Lipinski definition) is 6. The SMILES string of the molecule is C.CC.CC.CC.Cc1nc2ccccc2o1.c1ccc2c(c1)OCCO2.c1ccc2c(c1)OCO2. The topological polar surface area (TPSA) is 63.0 Å². The highest BCUT2D eigenvalue weighted by atomic mass is 16.7. The van der Waals surface area contributed by atoms with Gasteiger partial charge in [0.1, 0.15) is 18.7 Å². The van der Waals surface area contributed by atoms with E-state index < -0.39 is 0 Å². The van der Waals surface area contributed by atoms with Crippen molar-refractivity contribution in [2.75, 3.05) is 20.0 Å². The average Bonchev–Trinajstić information content (AvgIpc) is 3.58. The van der Waals surface area contributed by atoms with Crippen molar-refractivity contribution in [2.24, 2.45) is 0 Å². The van der Waals surface area contributed by atoms with Gasteiger partial charge in [-0.3, -0.25) is 0 Å². The van der Waals surface area contributed by atoms with Crippen molar-refractivity contribution >= 4 is 11.1 Å². The number of rotatable bonds is 0. The third kappa shape index (κ3) is 10.3. The summed E-state index contributed by atoms with van der Waals surface area (Å²) in [6.07, 6.45) is 0. The van der Waals surface area contributed by atoms with Crippen molar-refractivity contribution in [3.05, 3.63) is 78.7 Å². The summed E-state index contributed by atoms with van der Waals surface area (Å²) in [5.41, 5.74) is 1.79. The first-order valence-electron chi connectivity index (χ1n) is 12.3. The number of para-hydroxylation sites is 6. The third-order valence-electron chi connectivity index (χ3n) is 4.13. The molecule has 0 atom stereocenters. The Morgan fingerprint density at radius 3 is 1.39 bits per heavy atom. The maximum absolute atomic E-state index is 5.30. The number of nitrogens with zero attached hydrogens (tertiary/aromatic N) is 1. The summed E-state index contributed by atoms with van der Waals surface area (Å²) in [6, 6.07) is 23.1. The molecule has 6 nitrogen and oxygen atoms in total. The fraction of sp³-hybridized carbons (Fsp3) is 0.367. The summed E-state index contributed by atoms with van der Waals surface area (Å²) in [6.45, 7) is 15.5. The highest BCUT2D eigenvalue weighted by Crippen LogP contribution is 2.30. The molecule has 36 heavy (non-hydrogen) atoms. The quantitative estimate of drug-likeness (QED) is 0.242. The Morgan fingerprint density at radius 1 is 0.556 bits per heavy atom. The lowest BCUT2D eigenvalue weighted by molar-refractivity contribution is 0.171. The number of aryl methyl sites for hydroxylation is 1. The molecule has 3 aromatic carbocycles. The van der Waals surface area contributed by atoms with Crippen LogP contribution in [0, 0.1) is 6.92 Å². The van der Waals surface area contributed by atoms with Gasteiger partial charge in [0.05, 0.1) is 0 Å². The minimum absolute atomic E-state index is 0.